The number of alkyl halides is 3. The lowest BCUT2D eigenvalue weighted by Gasteiger charge is -2.15. The average Bonchev–Trinajstić information content (AvgIpc) is 3.61. The Morgan fingerprint density at radius 1 is 0.974 bits per heavy atom. The molecule has 1 aliphatic heterocycles. The molecule has 4 rings (SSSR count). The van der Waals surface area contributed by atoms with E-state index < -0.39 is 22.2 Å². The van der Waals surface area contributed by atoms with Crippen molar-refractivity contribution in [1.82, 2.24) is 14.9 Å². The number of benzene rings is 2. The largest absolute Gasteiger partial charge is 0.490 e. The molecule has 0 saturated carbocycles. The van der Waals surface area contributed by atoms with Crippen LogP contribution in [0.2, 0.25) is 0 Å². The zero-order valence-corrected chi connectivity index (χ0v) is 22.9. The number of likely N-dealkylation sites (tertiary alicyclic amines) is 1. The van der Waals surface area contributed by atoms with Crippen molar-refractivity contribution in [3.63, 3.8) is 0 Å². The van der Waals surface area contributed by atoms with E-state index in [2.05, 4.69) is 56.7 Å². The molecular formula is C27H32F3N3O4S2. The van der Waals surface area contributed by atoms with Gasteiger partial charge in [-0.2, -0.15) is 13.2 Å². The molecule has 1 saturated heterocycles. The molecule has 1 aromatic heterocycles. The first kappa shape index (κ1) is 30.8. The Morgan fingerprint density at radius 3 is 2.28 bits per heavy atom. The van der Waals surface area contributed by atoms with Crippen LogP contribution in [0.1, 0.15) is 23.3 Å². The summed E-state index contributed by atoms with van der Waals surface area (Å²) in [5.74, 6) is -2.76. The number of halogens is 3. The van der Waals surface area contributed by atoms with Crippen LogP contribution in [0, 0.1) is 0 Å². The lowest BCUT2D eigenvalue weighted by molar-refractivity contribution is -0.192. The molecule has 39 heavy (non-hydrogen) atoms. The van der Waals surface area contributed by atoms with E-state index in [0.717, 1.165) is 50.3 Å². The number of carbonyl (C=O) groups is 1. The van der Waals surface area contributed by atoms with Crippen molar-refractivity contribution in [3.05, 3.63) is 76.5 Å². The molecule has 212 valence electrons. The highest BCUT2D eigenvalue weighted by Gasteiger charge is 2.38. The average molecular weight is 584 g/mol. The first-order valence-electron chi connectivity index (χ1n) is 12.5. The molecule has 3 N–H and O–H groups in total. The number of carboxylic acid groups (broad SMARTS) is 1. The van der Waals surface area contributed by atoms with E-state index in [1.807, 2.05) is 12.1 Å². The van der Waals surface area contributed by atoms with E-state index in [1.54, 1.807) is 23.5 Å². The minimum absolute atomic E-state index is 0.314. The number of carboxylic acids is 1. The Kier molecular flexibility index (Phi) is 11.5. The summed E-state index contributed by atoms with van der Waals surface area (Å²) in [5.41, 5.74) is 3.32. The third kappa shape index (κ3) is 10.4. The van der Waals surface area contributed by atoms with Crippen LogP contribution in [-0.4, -0.2) is 63.3 Å². The summed E-state index contributed by atoms with van der Waals surface area (Å²) in [7, 11) is -3.48. The van der Waals surface area contributed by atoms with Gasteiger partial charge in [-0.25, -0.2) is 17.9 Å². The fourth-order valence-electron chi connectivity index (χ4n) is 4.01. The molecule has 0 radical (unpaired) electrons. The second-order valence-electron chi connectivity index (χ2n) is 8.98. The van der Waals surface area contributed by atoms with Crippen molar-refractivity contribution in [2.75, 3.05) is 32.7 Å². The van der Waals surface area contributed by atoms with Crippen molar-refractivity contribution in [2.45, 2.75) is 36.9 Å². The molecule has 0 unspecified atom stereocenters. The number of nitrogens with zero attached hydrogens (tertiary/aromatic N) is 1. The summed E-state index contributed by atoms with van der Waals surface area (Å²) in [6, 6.07) is 19.8. The summed E-state index contributed by atoms with van der Waals surface area (Å²) < 4.78 is 59.7. The first-order chi connectivity index (χ1) is 18.5. The van der Waals surface area contributed by atoms with Crippen molar-refractivity contribution >= 4 is 27.3 Å². The van der Waals surface area contributed by atoms with Crippen LogP contribution in [-0.2, 0) is 27.8 Å². The Morgan fingerprint density at radius 2 is 1.67 bits per heavy atom. The highest BCUT2D eigenvalue weighted by Crippen LogP contribution is 2.22. The molecular weight excluding hydrogens is 551 g/mol. The van der Waals surface area contributed by atoms with Gasteiger partial charge in [-0.05, 0) is 78.7 Å². The second-order valence-corrected chi connectivity index (χ2v) is 11.8. The minimum atomic E-state index is -5.08. The maximum atomic E-state index is 12.6. The second kappa shape index (κ2) is 14.6. The smallest absolute Gasteiger partial charge is 0.475 e. The van der Waals surface area contributed by atoms with Crippen LogP contribution >= 0.6 is 11.3 Å². The number of thiophene rings is 1. The van der Waals surface area contributed by atoms with E-state index in [-0.39, 0.29) is 0 Å². The number of rotatable bonds is 11. The number of nitrogens with one attached hydrogen (secondary N) is 2. The standard InChI is InChI=1S/C25H31N3O2S2.C2HF3O2/c29-32(30,27-14-17-28-15-1-2-16-28)25-10-8-22(9-11-25)23-6-3-5-21(19-23)20-26-13-12-24-7-4-18-31-24;3-2(4,5)1(6)7/h3-11,18-19,26-27H,1-2,12-17,20H2;(H,6,7). The van der Waals surface area contributed by atoms with Gasteiger partial charge < -0.3 is 15.3 Å². The maximum absolute atomic E-state index is 12.6. The van der Waals surface area contributed by atoms with Gasteiger partial charge in [0.25, 0.3) is 0 Å². The molecule has 0 amide bonds. The quantitative estimate of drug-likeness (QED) is 0.282. The summed E-state index contributed by atoms with van der Waals surface area (Å²) in [5, 5.41) is 12.7. The van der Waals surface area contributed by atoms with Crippen molar-refractivity contribution < 1.29 is 31.5 Å². The van der Waals surface area contributed by atoms with Crippen LogP contribution in [0.15, 0.2) is 70.9 Å². The highest BCUT2D eigenvalue weighted by molar-refractivity contribution is 7.89. The van der Waals surface area contributed by atoms with E-state index in [0.29, 0.717) is 11.4 Å². The Balaban J connectivity index is 0.000000532. The minimum Gasteiger partial charge on any atom is -0.475 e. The fourth-order valence-corrected chi connectivity index (χ4v) is 5.74. The first-order valence-corrected chi connectivity index (χ1v) is 14.9. The summed E-state index contributed by atoms with van der Waals surface area (Å²) in [6.07, 6.45) is -1.62. The van der Waals surface area contributed by atoms with E-state index in [1.165, 1.54) is 23.3 Å². The lowest BCUT2D eigenvalue weighted by atomic mass is 10.0. The van der Waals surface area contributed by atoms with Gasteiger partial charge in [-0.3, -0.25) is 0 Å². The van der Waals surface area contributed by atoms with Crippen LogP contribution in [0.4, 0.5) is 13.2 Å². The highest BCUT2D eigenvalue weighted by atomic mass is 32.2. The van der Waals surface area contributed by atoms with E-state index >= 15 is 0 Å². The van der Waals surface area contributed by atoms with Crippen LogP contribution in [0.25, 0.3) is 11.1 Å². The van der Waals surface area contributed by atoms with E-state index in [9.17, 15) is 21.6 Å². The third-order valence-electron chi connectivity index (χ3n) is 6.04. The van der Waals surface area contributed by atoms with Crippen molar-refractivity contribution in [3.8, 4) is 11.1 Å². The van der Waals surface area contributed by atoms with Gasteiger partial charge in [0.1, 0.15) is 0 Å². The summed E-state index contributed by atoms with van der Waals surface area (Å²) in [4.78, 5) is 12.9. The zero-order valence-electron chi connectivity index (χ0n) is 21.3. The zero-order chi connectivity index (χ0) is 28.3. The molecule has 3 aromatic rings. The van der Waals surface area contributed by atoms with Crippen LogP contribution < -0.4 is 10.0 Å². The number of sulfonamides is 1. The SMILES string of the molecule is O=C(O)C(F)(F)F.O=S(=O)(NCCN1CCCC1)c1ccc(-c2cccc(CNCCc3cccs3)c2)cc1. The van der Waals surface area contributed by atoms with Crippen molar-refractivity contribution in [2.24, 2.45) is 0 Å². The lowest BCUT2D eigenvalue weighted by Crippen LogP contribution is -2.33. The number of aliphatic carboxylic acids is 1. The molecule has 12 heteroatoms. The summed E-state index contributed by atoms with van der Waals surface area (Å²) in [6.45, 7) is 5.12. The molecule has 2 aromatic carbocycles. The number of hydrogen-bond acceptors (Lipinski definition) is 6. The van der Waals surface area contributed by atoms with Crippen LogP contribution in [0.3, 0.4) is 0 Å². The topological polar surface area (TPSA) is 98.7 Å². The monoisotopic (exact) mass is 583 g/mol. The molecule has 0 bridgehead atoms. The molecule has 2 heterocycles. The van der Waals surface area contributed by atoms with Crippen LogP contribution in [0.5, 0.6) is 0 Å². The Bertz CT molecular complexity index is 1280. The molecule has 1 aliphatic rings. The van der Waals surface area contributed by atoms with E-state index in [4.69, 9.17) is 9.90 Å². The summed E-state index contributed by atoms with van der Waals surface area (Å²) >= 11 is 1.79. The van der Waals surface area contributed by atoms with Crippen molar-refractivity contribution in [1.29, 1.82) is 0 Å². The molecule has 0 atom stereocenters. The van der Waals surface area contributed by atoms with Gasteiger partial charge in [-0.1, -0.05) is 36.4 Å². The molecule has 7 nitrogen and oxygen atoms in total. The van der Waals surface area contributed by atoms with Gasteiger partial charge in [0.05, 0.1) is 4.90 Å². The Hall–Kier alpha value is -2.77. The van der Waals surface area contributed by atoms with Gasteiger partial charge in [-0.15, -0.1) is 11.3 Å². The van der Waals surface area contributed by atoms with Gasteiger partial charge in [0, 0.05) is 31.1 Å². The number of hydrogen-bond donors (Lipinski definition) is 3. The van der Waals surface area contributed by atoms with Gasteiger partial charge >= 0.3 is 12.1 Å². The maximum Gasteiger partial charge on any atom is 0.490 e. The predicted molar refractivity (Wildman–Crippen MR) is 146 cm³/mol. The van der Waals surface area contributed by atoms with Gasteiger partial charge in [0.2, 0.25) is 10.0 Å². The molecule has 1 fully saturated rings. The predicted octanol–water partition coefficient (Wildman–Crippen LogP) is 4.75. The normalized spacial score (nSPS) is 14.1. The third-order valence-corrected chi connectivity index (χ3v) is 8.46. The fraction of sp³-hybridized carbons (Fsp3) is 0.370. The molecule has 0 aliphatic carbocycles. The van der Waals surface area contributed by atoms with Gasteiger partial charge in [0.15, 0.2) is 0 Å². The Labute approximate surface area is 230 Å². The molecule has 0 spiro atoms.